The molecule has 0 atom stereocenters. The zero-order valence-electron chi connectivity index (χ0n) is 17.9. The largest absolute Gasteiger partial charge is 0.493 e. The number of thiocarbonyl (C=S) groups is 1. The van der Waals surface area contributed by atoms with Crippen molar-refractivity contribution in [3.8, 4) is 5.75 Å². The number of anilines is 1. The Hall–Kier alpha value is -2.45. The van der Waals surface area contributed by atoms with E-state index in [0.717, 1.165) is 44.1 Å². The second kappa shape index (κ2) is 11.2. The lowest BCUT2D eigenvalue weighted by molar-refractivity contribution is 0.0526. The van der Waals surface area contributed by atoms with E-state index < -0.39 is 0 Å². The number of hydrogen-bond acceptors (Lipinski definition) is 6. The minimum atomic E-state index is -0.358. The van der Waals surface area contributed by atoms with Gasteiger partial charge in [0.2, 0.25) is 0 Å². The van der Waals surface area contributed by atoms with Gasteiger partial charge in [0, 0.05) is 4.88 Å². The van der Waals surface area contributed by atoms with Gasteiger partial charge in [-0.25, -0.2) is 4.79 Å². The summed E-state index contributed by atoms with van der Waals surface area (Å²) in [5.74, 6) is -0.188. The van der Waals surface area contributed by atoms with Gasteiger partial charge in [-0.3, -0.25) is 10.1 Å². The molecular formula is C23H28N2O4S2. The number of unbranched alkanes of at least 4 members (excludes halogenated alkanes) is 1. The van der Waals surface area contributed by atoms with Crippen molar-refractivity contribution >= 4 is 45.5 Å². The van der Waals surface area contributed by atoms with E-state index in [1.807, 2.05) is 6.07 Å². The van der Waals surface area contributed by atoms with E-state index in [1.54, 1.807) is 25.1 Å². The molecule has 31 heavy (non-hydrogen) atoms. The van der Waals surface area contributed by atoms with Gasteiger partial charge in [-0.1, -0.05) is 25.5 Å². The third kappa shape index (κ3) is 5.83. The van der Waals surface area contributed by atoms with Gasteiger partial charge < -0.3 is 14.8 Å². The molecule has 1 heterocycles. The van der Waals surface area contributed by atoms with Crippen molar-refractivity contribution in [3.05, 3.63) is 45.8 Å². The third-order valence-electron chi connectivity index (χ3n) is 4.99. The van der Waals surface area contributed by atoms with Crippen LogP contribution < -0.4 is 15.4 Å². The summed E-state index contributed by atoms with van der Waals surface area (Å²) in [4.78, 5) is 26.6. The number of thiophene rings is 1. The van der Waals surface area contributed by atoms with Crippen LogP contribution >= 0.6 is 23.6 Å². The molecule has 3 rings (SSSR count). The number of hydrogen-bond donors (Lipinski definition) is 2. The van der Waals surface area contributed by atoms with Gasteiger partial charge in [-0.15, -0.1) is 11.3 Å². The van der Waals surface area contributed by atoms with Crippen LogP contribution in [-0.4, -0.2) is 30.2 Å². The molecule has 0 spiro atoms. The number of amides is 1. The molecule has 0 aliphatic heterocycles. The number of esters is 1. The number of ether oxygens (including phenoxy) is 2. The second-order valence-corrected chi connectivity index (χ2v) is 8.76. The summed E-state index contributed by atoms with van der Waals surface area (Å²) >= 11 is 6.89. The molecule has 2 N–H and O–H groups in total. The molecule has 1 aromatic carbocycles. The maximum Gasteiger partial charge on any atom is 0.341 e. The minimum Gasteiger partial charge on any atom is -0.493 e. The normalized spacial score (nSPS) is 12.6. The molecule has 0 fully saturated rings. The van der Waals surface area contributed by atoms with Crippen LogP contribution in [0.15, 0.2) is 24.3 Å². The first kappa shape index (κ1) is 23.2. The van der Waals surface area contributed by atoms with E-state index in [1.165, 1.54) is 16.2 Å². The molecule has 0 saturated carbocycles. The number of benzene rings is 1. The lowest BCUT2D eigenvalue weighted by Gasteiger charge is -2.14. The zero-order valence-corrected chi connectivity index (χ0v) is 19.5. The van der Waals surface area contributed by atoms with Gasteiger partial charge in [-0.05, 0) is 68.9 Å². The minimum absolute atomic E-state index is 0.137. The van der Waals surface area contributed by atoms with Gasteiger partial charge in [-0.2, -0.15) is 0 Å². The lowest BCUT2D eigenvalue weighted by atomic mass is 9.95. The predicted molar refractivity (Wildman–Crippen MR) is 127 cm³/mol. The summed E-state index contributed by atoms with van der Waals surface area (Å²) in [6.07, 6.45) is 5.86. The van der Waals surface area contributed by atoms with Crippen LogP contribution in [0, 0.1) is 0 Å². The van der Waals surface area contributed by atoms with Crippen molar-refractivity contribution in [2.24, 2.45) is 0 Å². The van der Waals surface area contributed by atoms with Crippen molar-refractivity contribution in [1.82, 2.24) is 5.32 Å². The van der Waals surface area contributed by atoms with Crippen LogP contribution in [0.4, 0.5) is 5.00 Å². The molecule has 6 nitrogen and oxygen atoms in total. The van der Waals surface area contributed by atoms with Gasteiger partial charge >= 0.3 is 5.97 Å². The van der Waals surface area contributed by atoms with Crippen molar-refractivity contribution in [3.63, 3.8) is 0 Å². The summed E-state index contributed by atoms with van der Waals surface area (Å²) in [6, 6.07) is 7.08. The number of aryl methyl sites for hydroxylation is 1. The third-order valence-corrected chi connectivity index (χ3v) is 6.40. The Morgan fingerprint density at radius 3 is 2.71 bits per heavy atom. The van der Waals surface area contributed by atoms with Gasteiger partial charge in [0.25, 0.3) is 5.91 Å². The van der Waals surface area contributed by atoms with E-state index in [9.17, 15) is 9.59 Å². The van der Waals surface area contributed by atoms with Crippen LogP contribution in [0.3, 0.4) is 0 Å². The Balaban J connectivity index is 1.74. The molecule has 166 valence electrons. The average Bonchev–Trinajstić information content (AvgIpc) is 3.12. The Kier molecular flexibility index (Phi) is 8.43. The first-order chi connectivity index (χ1) is 15.0. The smallest absolute Gasteiger partial charge is 0.341 e. The molecule has 1 aliphatic carbocycles. The average molecular weight is 461 g/mol. The molecule has 1 aliphatic rings. The van der Waals surface area contributed by atoms with E-state index in [-0.39, 0.29) is 17.0 Å². The van der Waals surface area contributed by atoms with Crippen molar-refractivity contribution in [1.29, 1.82) is 0 Å². The number of carbonyl (C=O) groups excluding carboxylic acids is 2. The van der Waals surface area contributed by atoms with Crippen LogP contribution in [0.1, 0.15) is 70.7 Å². The standard InChI is InChI=1S/C23H28N2O4S2/c1-3-5-14-29-17-12-8-6-10-15(17)20(26)24-23(30)25-21-19(22(27)28-4-2)16-11-7-9-13-18(16)31-21/h6,8,10,12H,3-5,7,9,11,13-14H2,1-2H3,(H2,24,25,26,30). The molecule has 2 aromatic rings. The van der Waals surface area contributed by atoms with Gasteiger partial charge in [0.05, 0.1) is 24.3 Å². The molecule has 1 aromatic heterocycles. The van der Waals surface area contributed by atoms with Crippen molar-refractivity contribution in [2.45, 2.75) is 52.4 Å². The molecule has 0 radical (unpaired) electrons. The highest BCUT2D eigenvalue weighted by Crippen LogP contribution is 2.38. The molecule has 8 heteroatoms. The highest BCUT2D eigenvalue weighted by atomic mass is 32.1. The van der Waals surface area contributed by atoms with E-state index in [0.29, 0.717) is 35.1 Å². The quantitative estimate of drug-likeness (QED) is 0.324. The van der Waals surface area contributed by atoms with Gasteiger partial charge in [0.15, 0.2) is 5.11 Å². The summed E-state index contributed by atoms with van der Waals surface area (Å²) in [5.41, 5.74) is 2.00. The number of carbonyl (C=O) groups is 2. The number of rotatable bonds is 8. The van der Waals surface area contributed by atoms with E-state index in [2.05, 4.69) is 17.6 Å². The molecule has 1 amide bonds. The summed E-state index contributed by atoms with van der Waals surface area (Å²) in [5, 5.41) is 6.53. The Morgan fingerprint density at radius 1 is 1.16 bits per heavy atom. The van der Waals surface area contributed by atoms with E-state index >= 15 is 0 Å². The topological polar surface area (TPSA) is 76.7 Å². The lowest BCUT2D eigenvalue weighted by Crippen LogP contribution is -2.34. The monoisotopic (exact) mass is 460 g/mol. The Morgan fingerprint density at radius 2 is 1.94 bits per heavy atom. The second-order valence-electron chi connectivity index (χ2n) is 7.24. The van der Waals surface area contributed by atoms with Crippen LogP contribution in [0.25, 0.3) is 0 Å². The number of nitrogens with one attached hydrogen (secondary N) is 2. The van der Waals surface area contributed by atoms with Crippen molar-refractivity contribution < 1.29 is 19.1 Å². The molecule has 0 bridgehead atoms. The zero-order chi connectivity index (χ0) is 22.2. The van der Waals surface area contributed by atoms with E-state index in [4.69, 9.17) is 21.7 Å². The van der Waals surface area contributed by atoms with Crippen LogP contribution in [0.5, 0.6) is 5.75 Å². The summed E-state index contributed by atoms with van der Waals surface area (Å²) < 4.78 is 11.0. The SMILES string of the molecule is CCCCOc1ccccc1C(=O)NC(=S)Nc1sc2c(c1C(=O)OCC)CCCC2. The van der Waals surface area contributed by atoms with Crippen molar-refractivity contribution in [2.75, 3.05) is 18.5 Å². The predicted octanol–water partition coefficient (Wildman–Crippen LogP) is 5.11. The number of para-hydroxylation sites is 1. The summed E-state index contributed by atoms with van der Waals surface area (Å²) in [7, 11) is 0. The Labute approximate surface area is 192 Å². The first-order valence-electron chi connectivity index (χ1n) is 10.7. The fourth-order valence-electron chi connectivity index (χ4n) is 3.48. The van der Waals surface area contributed by atoms with Crippen LogP contribution in [0.2, 0.25) is 0 Å². The van der Waals surface area contributed by atoms with Crippen LogP contribution in [-0.2, 0) is 17.6 Å². The summed E-state index contributed by atoms with van der Waals surface area (Å²) in [6.45, 7) is 4.72. The first-order valence-corrected chi connectivity index (χ1v) is 11.9. The van der Waals surface area contributed by atoms with Gasteiger partial charge in [0.1, 0.15) is 10.8 Å². The highest BCUT2D eigenvalue weighted by molar-refractivity contribution is 7.80. The Bertz CT molecular complexity index is 955. The fourth-order valence-corrected chi connectivity index (χ4v) is 5.03. The highest BCUT2D eigenvalue weighted by Gasteiger charge is 2.27. The fraction of sp³-hybridized carbons (Fsp3) is 0.435. The molecular weight excluding hydrogens is 432 g/mol. The molecule has 0 unspecified atom stereocenters. The maximum absolute atomic E-state index is 12.8. The molecule has 0 saturated heterocycles. The number of fused-ring (bicyclic) bond motifs is 1. The maximum atomic E-state index is 12.8.